The van der Waals surface area contributed by atoms with Crippen LogP contribution in [0.25, 0.3) is 10.9 Å². The van der Waals surface area contributed by atoms with Crippen molar-refractivity contribution in [1.82, 2.24) is 14.8 Å². The van der Waals surface area contributed by atoms with Gasteiger partial charge < -0.3 is 19.5 Å². The average molecular weight is 345 g/mol. The van der Waals surface area contributed by atoms with Crippen LogP contribution in [0.15, 0.2) is 24.3 Å². The van der Waals surface area contributed by atoms with E-state index in [0.29, 0.717) is 37.1 Å². The molecule has 0 unspecified atom stereocenters. The van der Waals surface area contributed by atoms with E-state index in [4.69, 9.17) is 4.74 Å². The number of aromatic amines is 1. The summed E-state index contributed by atoms with van der Waals surface area (Å²) in [5, 5.41) is 0.807. The molecule has 4 rings (SSSR count). The summed E-state index contributed by atoms with van der Waals surface area (Å²) in [5.41, 5.74) is 1.07. The van der Waals surface area contributed by atoms with Crippen LogP contribution < -0.4 is 0 Å². The first-order valence-electron chi connectivity index (χ1n) is 8.48. The number of nitrogens with zero attached hydrogens (tertiary/aromatic N) is 2. The second kappa shape index (κ2) is 6.15. The lowest BCUT2D eigenvalue weighted by Crippen LogP contribution is -2.52. The van der Waals surface area contributed by atoms with Gasteiger partial charge in [0.15, 0.2) is 0 Å². The minimum absolute atomic E-state index is 0.0101. The molecule has 1 aromatic carbocycles. The predicted molar refractivity (Wildman–Crippen MR) is 89.7 cm³/mol. The highest BCUT2D eigenvalue weighted by atomic mass is 19.1. The molecular weight excluding hydrogens is 325 g/mol. The Hall–Kier alpha value is -2.41. The molecule has 132 valence electrons. The van der Waals surface area contributed by atoms with Crippen molar-refractivity contribution in [2.45, 2.75) is 25.0 Å². The lowest BCUT2D eigenvalue weighted by molar-refractivity contribution is -0.154. The number of H-pyrrole nitrogens is 1. The zero-order valence-electron chi connectivity index (χ0n) is 14.0. The average Bonchev–Trinajstić information content (AvgIpc) is 2.89. The van der Waals surface area contributed by atoms with Crippen molar-refractivity contribution in [2.24, 2.45) is 0 Å². The van der Waals surface area contributed by atoms with Crippen LogP contribution in [0.4, 0.5) is 4.39 Å². The molecule has 2 saturated heterocycles. The minimum atomic E-state index is -0.336. The van der Waals surface area contributed by atoms with Crippen LogP contribution in [0, 0.1) is 5.82 Å². The van der Waals surface area contributed by atoms with Crippen molar-refractivity contribution in [3.05, 3.63) is 35.8 Å². The highest BCUT2D eigenvalue weighted by Crippen LogP contribution is 2.25. The van der Waals surface area contributed by atoms with Crippen molar-refractivity contribution in [2.75, 3.05) is 26.7 Å². The Kier molecular flexibility index (Phi) is 3.95. The van der Waals surface area contributed by atoms with Crippen molar-refractivity contribution in [3.8, 4) is 0 Å². The smallest absolute Gasteiger partial charge is 0.270 e. The first-order chi connectivity index (χ1) is 12.0. The van der Waals surface area contributed by atoms with Crippen LogP contribution in [-0.2, 0) is 9.53 Å². The van der Waals surface area contributed by atoms with E-state index in [0.717, 1.165) is 5.39 Å². The summed E-state index contributed by atoms with van der Waals surface area (Å²) >= 11 is 0. The molecule has 6 nitrogen and oxygen atoms in total. The van der Waals surface area contributed by atoms with E-state index in [1.807, 2.05) is 0 Å². The largest absolute Gasteiger partial charge is 0.366 e. The maximum Gasteiger partial charge on any atom is 0.270 e. The van der Waals surface area contributed by atoms with E-state index in [2.05, 4.69) is 4.98 Å². The number of hydrogen-bond acceptors (Lipinski definition) is 3. The zero-order valence-corrected chi connectivity index (χ0v) is 14.0. The number of halogens is 1. The third-order valence-corrected chi connectivity index (χ3v) is 5.22. The van der Waals surface area contributed by atoms with Crippen molar-refractivity contribution >= 4 is 22.7 Å². The summed E-state index contributed by atoms with van der Waals surface area (Å²) in [7, 11) is 1.80. The summed E-state index contributed by atoms with van der Waals surface area (Å²) in [6, 6.07) is 6.18. The van der Waals surface area contributed by atoms with Crippen molar-refractivity contribution in [3.63, 3.8) is 0 Å². The quantitative estimate of drug-likeness (QED) is 0.857. The molecule has 7 heteroatoms. The fourth-order valence-electron chi connectivity index (χ4n) is 3.75. The molecule has 2 fully saturated rings. The fraction of sp³-hybridized carbons (Fsp3) is 0.444. The van der Waals surface area contributed by atoms with Gasteiger partial charge in [0.05, 0.1) is 12.1 Å². The molecule has 0 radical (unpaired) electrons. The molecule has 2 aliphatic heterocycles. The van der Waals surface area contributed by atoms with E-state index in [9.17, 15) is 14.0 Å². The maximum absolute atomic E-state index is 13.3. The standard InChI is InChI=1S/C18H20FN3O3/c1-21-15-4-6-22(7-5-16(15)25-10-17(21)23)18(24)14-8-11-2-3-12(19)9-13(11)20-14/h2-3,8-9,15-16,20H,4-7,10H2,1H3/t15-,16-/m0/s1. The van der Waals surface area contributed by atoms with Crippen LogP contribution in [0.1, 0.15) is 23.3 Å². The number of carbonyl (C=O) groups is 2. The molecule has 1 N–H and O–H groups in total. The Morgan fingerprint density at radius 2 is 2.08 bits per heavy atom. The number of rotatable bonds is 1. The summed E-state index contributed by atoms with van der Waals surface area (Å²) in [4.78, 5) is 31.2. The lowest BCUT2D eigenvalue weighted by Gasteiger charge is -2.37. The third kappa shape index (κ3) is 2.89. The first kappa shape index (κ1) is 16.1. The highest BCUT2D eigenvalue weighted by molar-refractivity contribution is 5.98. The van der Waals surface area contributed by atoms with Gasteiger partial charge in [0.2, 0.25) is 5.91 Å². The number of hydrogen-bond donors (Lipinski definition) is 1. The van der Waals surface area contributed by atoms with Crippen molar-refractivity contribution in [1.29, 1.82) is 0 Å². The van der Waals surface area contributed by atoms with Gasteiger partial charge in [-0.1, -0.05) is 0 Å². The molecule has 2 aromatic rings. The van der Waals surface area contributed by atoms with E-state index in [1.165, 1.54) is 12.1 Å². The lowest BCUT2D eigenvalue weighted by atomic mass is 10.0. The van der Waals surface area contributed by atoms with Gasteiger partial charge >= 0.3 is 0 Å². The number of carbonyl (C=O) groups excluding carboxylic acids is 2. The summed E-state index contributed by atoms with van der Waals surface area (Å²) in [5.74, 6) is -0.458. The van der Waals surface area contributed by atoms with Gasteiger partial charge in [-0.15, -0.1) is 0 Å². The third-order valence-electron chi connectivity index (χ3n) is 5.22. The van der Waals surface area contributed by atoms with Gasteiger partial charge in [-0.3, -0.25) is 9.59 Å². The molecule has 2 amide bonds. The molecule has 3 heterocycles. The normalized spacial score (nSPS) is 24.3. The molecule has 0 aliphatic carbocycles. The Bertz CT molecular complexity index is 834. The van der Waals surface area contributed by atoms with Crippen LogP contribution in [0.5, 0.6) is 0 Å². The molecular formula is C18H20FN3O3. The Morgan fingerprint density at radius 3 is 2.92 bits per heavy atom. The van der Waals surface area contributed by atoms with E-state index in [1.54, 1.807) is 29.0 Å². The molecule has 0 spiro atoms. The van der Waals surface area contributed by atoms with Gasteiger partial charge in [0, 0.05) is 31.0 Å². The van der Waals surface area contributed by atoms with Crippen LogP contribution in [-0.4, -0.2) is 65.5 Å². The van der Waals surface area contributed by atoms with Gasteiger partial charge in [-0.05, 0) is 37.1 Å². The number of nitrogens with one attached hydrogen (secondary N) is 1. The first-order valence-corrected chi connectivity index (χ1v) is 8.48. The molecule has 2 atom stereocenters. The van der Waals surface area contributed by atoms with E-state index < -0.39 is 0 Å². The SMILES string of the molecule is CN1C(=O)CO[C@H]2CCN(C(=O)c3cc4ccc(F)cc4[nH]3)CC[C@@H]21. The topological polar surface area (TPSA) is 65.6 Å². The number of fused-ring (bicyclic) bond motifs is 2. The molecule has 0 bridgehead atoms. The number of benzene rings is 1. The number of likely N-dealkylation sites (N-methyl/N-ethyl adjacent to an activating group) is 1. The Morgan fingerprint density at radius 1 is 1.28 bits per heavy atom. The monoisotopic (exact) mass is 345 g/mol. The molecule has 2 aliphatic rings. The van der Waals surface area contributed by atoms with Gasteiger partial charge in [-0.2, -0.15) is 0 Å². The summed E-state index contributed by atoms with van der Waals surface area (Å²) in [6.45, 7) is 1.25. The fourth-order valence-corrected chi connectivity index (χ4v) is 3.75. The van der Waals surface area contributed by atoms with Crippen molar-refractivity contribution < 1.29 is 18.7 Å². The number of ether oxygens (including phenoxy) is 1. The summed E-state index contributed by atoms with van der Waals surface area (Å²) < 4.78 is 19.0. The minimum Gasteiger partial charge on any atom is -0.366 e. The predicted octanol–water partition coefficient (Wildman–Crippen LogP) is 1.77. The molecule has 1 aromatic heterocycles. The van der Waals surface area contributed by atoms with Gasteiger partial charge in [0.25, 0.3) is 5.91 Å². The molecule has 0 saturated carbocycles. The van der Waals surface area contributed by atoms with Crippen LogP contribution in [0.2, 0.25) is 0 Å². The van der Waals surface area contributed by atoms with E-state index in [-0.39, 0.29) is 36.4 Å². The summed E-state index contributed by atoms with van der Waals surface area (Å²) in [6.07, 6.45) is 1.36. The Balaban J connectivity index is 1.53. The number of amides is 2. The van der Waals surface area contributed by atoms with Crippen LogP contribution >= 0.6 is 0 Å². The Labute approximate surface area is 144 Å². The van der Waals surface area contributed by atoms with E-state index >= 15 is 0 Å². The second-order valence-electron chi connectivity index (χ2n) is 6.71. The number of likely N-dealkylation sites (tertiary alicyclic amines) is 1. The zero-order chi connectivity index (χ0) is 17.6. The maximum atomic E-state index is 13.3. The van der Waals surface area contributed by atoms with Crippen LogP contribution in [0.3, 0.4) is 0 Å². The molecule has 25 heavy (non-hydrogen) atoms. The second-order valence-corrected chi connectivity index (χ2v) is 6.71. The number of morpholine rings is 1. The van der Waals surface area contributed by atoms with Gasteiger partial charge in [-0.25, -0.2) is 4.39 Å². The highest BCUT2D eigenvalue weighted by Gasteiger charge is 2.37. The number of aromatic nitrogens is 1. The van der Waals surface area contributed by atoms with Gasteiger partial charge in [0.1, 0.15) is 18.1 Å².